The van der Waals surface area contributed by atoms with E-state index in [1.807, 2.05) is 72.4 Å². The smallest absolute Gasteiger partial charge is 0.223 e. The van der Waals surface area contributed by atoms with Crippen molar-refractivity contribution in [1.29, 1.82) is 0 Å². The van der Waals surface area contributed by atoms with Crippen molar-refractivity contribution < 1.29 is 4.79 Å². The zero-order valence-corrected chi connectivity index (χ0v) is 16.4. The first-order valence-electron chi connectivity index (χ1n) is 9.13. The average Bonchev–Trinajstić information content (AvgIpc) is 3.14. The summed E-state index contributed by atoms with van der Waals surface area (Å²) in [7, 11) is 1.83. The standard InChI is InChI=1S/C22H24ClN3O/c1-3-26-14-13-24-21(26)16-25(2)22(27)15-19(17-9-5-4-6-10-17)18-11-7-8-12-20(18)23/h4-14,19H,3,15-16H2,1-2H3/t19-/m0/s1. The van der Waals surface area contributed by atoms with E-state index >= 15 is 0 Å². The molecule has 0 aliphatic rings. The number of hydrogen-bond acceptors (Lipinski definition) is 2. The van der Waals surface area contributed by atoms with Gasteiger partial charge in [-0.05, 0) is 24.1 Å². The number of halogens is 1. The molecule has 3 aromatic rings. The van der Waals surface area contributed by atoms with E-state index in [-0.39, 0.29) is 11.8 Å². The molecule has 0 saturated carbocycles. The number of aryl methyl sites for hydroxylation is 1. The highest BCUT2D eigenvalue weighted by atomic mass is 35.5. The van der Waals surface area contributed by atoms with Crippen LogP contribution in [-0.4, -0.2) is 27.4 Å². The van der Waals surface area contributed by atoms with Gasteiger partial charge in [0.1, 0.15) is 5.82 Å². The number of benzene rings is 2. The molecule has 1 aromatic heterocycles. The van der Waals surface area contributed by atoms with Gasteiger partial charge in [-0.15, -0.1) is 0 Å². The molecule has 0 bridgehead atoms. The Morgan fingerprint density at radius 3 is 2.56 bits per heavy atom. The van der Waals surface area contributed by atoms with Crippen LogP contribution in [0.5, 0.6) is 0 Å². The van der Waals surface area contributed by atoms with Crippen molar-refractivity contribution in [2.45, 2.75) is 32.4 Å². The number of hydrogen-bond donors (Lipinski definition) is 0. The van der Waals surface area contributed by atoms with Gasteiger partial charge in [0.05, 0.1) is 6.54 Å². The Bertz CT molecular complexity index is 891. The molecule has 0 saturated heterocycles. The van der Waals surface area contributed by atoms with Crippen LogP contribution in [0.3, 0.4) is 0 Å². The average molecular weight is 382 g/mol. The Morgan fingerprint density at radius 2 is 1.85 bits per heavy atom. The molecule has 1 amide bonds. The second-order valence-corrected chi connectivity index (χ2v) is 6.98. The van der Waals surface area contributed by atoms with Crippen LogP contribution >= 0.6 is 11.6 Å². The van der Waals surface area contributed by atoms with E-state index in [0.29, 0.717) is 18.0 Å². The lowest BCUT2D eigenvalue weighted by Crippen LogP contribution is -2.29. The molecule has 0 fully saturated rings. The molecule has 0 N–H and O–H groups in total. The first-order valence-corrected chi connectivity index (χ1v) is 9.51. The van der Waals surface area contributed by atoms with Crippen molar-refractivity contribution >= 4 is 17.5 Å². The van der Waals surface area contributed by atoms with E-state index in [0.717, 1.165) is 23.5 Å². The molecule has 0 aliphatic carbocycles. The summed E-state index contributed by atoms with van der Waals surface area (Å²) in [5.41, 5.74) is 2.06. The van der Waals surface area contributed by atoms with Crippen molar-refractivity contribution in [1.82, 2.24) is 14.5 Å². The van der Waals surface area contributed by atoms with Crippen LogP contribution in [0.15, 0.2) is 67.0 Å². The minimum absolute atomic E-state index is 0.0643. The van der Waals surface area contributed by atoms with Crippen LogP contribution in [0.25, 0.3) is 0 Å². The van der Waals surface area contributed by atoms with Crippen molar-refractivity contribution in [3.8, 4) is 0 Å². The molecule has 0 aliphatic heterocycles. The summed E-state index contributed by atoms with van der Waals surface area (Å²) < 4.78 is 2.05. The molecule has 2 aromatic carbocycles. The maximum atomic E-state index is 13.0. The molecule has 0 spiro atoms. The molecule has 140 valence electrons. The Hall–Kier alpha value is -2.59. The molecular formula is C22H24ClN3O. The highest BCUT2D eigenvalue weighted by molar-refractivity contribution is 6.31. The number of carbonyl (C=O) groups excluding carboxylic acids is 1. The predicted octanol–water partition coefficient (Wildman–Crippen LogP) is 4.74. The van der Waals surface area contributed by atoms with Gasteiger partial charge < -0.3 is 9.47 Å². The van der Waals surface area contributed by atoms with Gasteiger partial charge in [-0.1, -0.05) is 60.1 Å². The van der Waals surface area contributed by atoms with Crippen molar-refractivity contribution in [3.63, 3.8) is 0 Å². The minimum atomic E-state index is -0.0826. The van der Waals surface area contributed by atoms with E-state index in [4.69, 9.17) is 11.6 Å². The van der Waals surface area contributed by atoms with E-state index in [1.165, 1.54) is 0 Å². The van der Waals surface area contributed by atoms with E-state index < -0.39 is 0 Å². The first-order chi connectivity index (χ1) is 13.1. The minimum Gasteiger partial charge on any atom is -0.338 e. The van der Waals surface area contributed by atoms with Crippen LogP contribution in [0.1, 0.15) is 36.2 Å². The second-order valence-electron chi connectivity index (χ2n) is 6.57. The molecule has 0 unspecified atom stereocenters. The van der Waals surface area contributed by atoms with Gasteiger partial charge in [-0.25, -0.2) is 4.98 Å². The quantitative estimate of drug-likeness (QED) is 0.593. The highest BCUT2D eigenvalue weighted by Gasteiger charge is 2.23. The van der Waals surface area contributed by atoms with Crippen LogP contribution < -0.4 is 0 Å². The Labute approximate surface area is 165 Å². The summed E-state index contributed by atoms with van der Waals surface area (Å²) in [6, 6.07) is 17.8. The molecule has 5 heteroatoms. The van der Waals surface area contributed by atoms with Gasteiger partial charge in [0.2, 0.25) is 5.91 Å². The molecule has 0 radical (unpaired) electrons. The van der Waals surface area contributed by atoms with Crippen LogP contribution in [0, 0.1) is 0 Å². The number of nitrogens with zero attached hydrogens (tertiary/aromatic N) is 3. The normalized spacial score (nSPS) is 12.0. The van der Waals surface area contributed by atoms with Gasteiger partial charge in [-0.2, -0.15) is 0 Å². The Balaban J connectivity index is 1.81. The van der Waals surface area contributed by atoms with Gasteiger partial charge in [0.25, 0.3) is 0 Å². The van der Waals surface area contributed by atoms with Gasteiger partial charge in [-0.3, -0.25) is 4.79 Å². The summed E-state index contributed by atoms with van der Waals surface area (Å²) in [4.78, 5) is 19.1. The predicted molar refractivity (Wildman–Crippen MR) is 109 cm³/mol. The van der Waals surface area contributed by atoms with Crippen LogP contribution in [0.4, 0.5) is 0 Å². The highest BCUT2D eigenvalue weighted by Crippen LogP contribution is 2.33. The third-order valence-electron chi connectivity index (χ3n) is 4.81. The number of amides is 1. The number of rotatable bonds is 7. The van der Waals surface area contributed by atoms with Crippen molar-refractivity contribution in [2.75, 3.05) is 7.05 Å². The summed E-state index contributed by atoms with van der Waals surface area (Å²) in [6.45, 7) is 3.39. The summed E-state index contributed by atoms with van der Waals surface area (Å²) >= 11 is 6.45. The van der Waals surface area contributed by atoms with Gasteiger partial charge in [0.15, 0.2) is 0 Å². The second kappa shape index (κ2) is 8.87. The molecule has 1 atom stereocenters. The topological polar surface area (TPSA) is 38.1 Å². The van der Waals surface area contributed by atoms with Gasteiger partial charge >= 0.3 is 0 Å². The lowest BCUT2D eigenvalue weighted by molar-refractivity contribution is -0.130. The SMILES string of the molecule is CCn1ccnc1CN(C)C(=O)C[C@@H](c1ccccc1)c1ccccc1Cl. The fourth-order valence-corrected chi connectivity index (χ4v) is 3.53. The van der Waals surface area contributed by atoms with Crippen LogP contribution in [0.2, 0.25) is 5.02 Å². The fraction of sp³-hybridized carbons (Fsp3) is 0.273. The molecule has 27 heavy (non-hydrogen) atoms. The number of carbonyl (C=O) groups is 1. The molecular weight excluding hydrogens is 358 g/mol. The monoisotopic (exact) mass is 381 g/mol. The van der Waals surface area contributed by atoms with Crippen molar-refractivity contribution in [3.05, 3.63) is 89.0 Å². The van der Waals surface area contributed by atoms with E-state index in [2.05, 4.69) is 11.9 Å². The molecule has 3 rings (SSSR count). The number of imidazole rings is 1. The summed E-state index contributed by atoms with van der Waals surface area (Å²) in [5.74, 6) is 0.873. The lowest BCUT2D eigenvalue weighted by Gasteiger charge is -2.23. The maximum Gasteiger partial charge on any atom is 0.223 e. The summed E-state index contributed by atoms with van der Waals surface area (Å²) in [5, 5.41) is 0.684. The number of aromatic nitrogens is 2. The van der Waals surface area contributed by atoms with E-state index in [1.54, 1.807) is 11.1 Å². The zero-order valence-electron chi connectivity index (χ0n) is 15.7. The van der Waals surface area contributed by atoms with Crippen LogP contribution in [-0.2, 0) is 17.9 Å². The summed E-state index contributed by atoms with van der Waals surface area (Å²) in [6.07, 6.45) is 4.06. The third-order valence-corrected chi connectivity index (χ3v) is 5.15. The Kier molecular flexibility index (Phi) is 6.30. The molecule has 4 nitrogen and oxygen atoms in total. The first kappa shape index (κ1) is 19.2. The van der Waals surface area contributed by atoms with E-state index in [9.17, 15) is 4.79 Å². The Morgan fingerprint density at radius 1 is 1.15 bits per heavy atom. The molecule has 1 heterocycles. The largest absolute Gasteiger partial charge is 0.338 e. The maximum absolute atomic E-state index is 13.0. The van der Waals surface area contributed by atoms with Crippen molar-refractivity contribution in [2.24, 2.45) is 0 Å². The third kappa shape index (κ3) is 4.58. The zero-order chi connectivity index (χ0) is 19.2. The van der Waals surface area contributed by atoms with Gasteiger partial charge in [0, 0.05) is 43.3 Å². The fourth-order valence-electron chi connectivity index (χ4n) is 3.26. The lowest BCUT2D eigenvalue weighted by atomic mass is 9.88.